The van der Waals surface area contributed by atoms with Crippen molar-refractivity contribution in [1.82, 2.24) is 0 Å². The molecule has 0 unspecified atom stereocenters. The van der Waals surface area contributed by atoms with Crippen LogP contribution in [0.15, 0.2) is 10.5 Å². The zero-order valence-corrected chi connectivity index (χ0v) is 7.86. The summed E-state index contributed by atoms with van der Waals surface area (Å²) >= 11 is 0. The van der Waals surface area contributed by atoms with Gasteiger partial charge in [0, 0.05) is 0 Å². The van der Waals surface area contributed by atoms with E-state index >= 15 is 0 Å². The van der Waals surface area contributed by atoms with E-state index in [1.807, 2.05) is 6.07 Å². The lowest BCUT2D eigenvalue weighted by atomic mass is 10.2. The van der Waals surface area contributed by atoms with E-state index in [1.54, 1.807) is 0 Å². The molecule has 5 heteroatoms. The summed E-state index contributed by atoms with van der Waals surface area (Å²) in [7, 11) is 2.65. The van der Waals surface area contributed by atoms with Crippen molar-refractivity contribution < 1.29 is 18.7 Å². The van der Waals surface area contributed by atoms with Crippen molar-refractivity contribution in [1.29, 1.82) is 5.26 Å². The van der Waals surface area contributed by atoms with Crippen LogP contribution in [0.5, 0.6) is 5.95 Å². The molecule has 0 bridgehead atoms. The highest BCUT2D eigenvalue weighted by Crippen LogP contribution is 2.23. The van der Waals surface area contributed by atoms with Crippen LogP contribution < -0.4 is 4.74 Å². The molecule has 0 aliphatic heterocycles. The molecule has 14 heavy (non-hydrogen) atoms. The lowest BCUT2D eigenvalue weighted by Crippen LogP contribution is -1.98. The standard InChI is InChI=1S/C9H9NO4/c1-12-8(11)7-5-6(3-4-10)9(13-2)14-7/h5H,3H2,1-2H3. The number of nitrogens with zero attached hydrogens (tertiary/aromatic N) is 1. The van der Waals surface area contributed by atoms with E-state index in [0.717, 1.165) is 0 Å². The zero-order valence-electron chi connectivity index (χ0n) is 7.86. The summed E-state index contributed by atoms with van der Waals surface area (Å²) in [5.74, 6) is -0.381. The lowest BCUT2D eigenvalue weighted by Gasteiger charge is -1.94. The third-order valence-electron chi connectivity index (χ3n) is 1.61. The van der Waals surface area contributed by atoms with Gasteiger partial charge in [0.25, 0.3) is 5.95 Å². The fraction of sp³-hybridized carbons (Fsp3) is 0.333. The van der Waals surface area contributed by atoms with Crippen LogP contribution in [0.1, 0.15) is 16.1 Å². The number of hydrogen-bond donors (Lipinski definition) is 0. The molecule has 0 saturated heterocycles. The molecular formula is C9H9NO4. The van der Waals surface area contributed by atoms with Gasteiger partial charge in [0.05, 0.1) is 32.3 Å². The van der Waals surface area contributed by atoms with E-state index in [4.69, 9.17) is 14.4 Å². The zero-order chi connectivity index (χ0) is 10.6. The molecule has 0 atom stereocenters. The second-order valence-corrected chi connectivity index (χ2v) is 2.45. The molecule has 0 N–H and O–H groups in total. The quantitative estimate of drug-likeness (QED) is 0.676. The van der Waals surface area contributed by atoms with Crippen LogP contribution in [0.2, 0.25) is 0 Å². The van der Waals surface area contributed by atoms with Gasteiger partial charge in [0.2, 0.25) is 5.76 Å². The molecule has 0 aromatic carbocycles. The molecule has 0 saturated carbocycles. The predicted molar refractivity (Wildman–Crippen MR) is 45.9 cm³/mol. The summed E-state index contributed by atoms with van der Waals surface area (Å²) in [4.78, 5) is 11.0. The normalized spacial score (nSPS) is 9.21. The minimum atomic E-state index is -0.590. The Morgan fingerprint density at radius 2 is 2.36 bits per heavy atom. The Morgan fingerprint density at radius 1 is 1.64 bits per heavy atom. The van der Waals surface area contributed by atoms with E-state index in [9.17, 15) is 4.79 Å². The second kappa shape index (κ2) is 4.33. The number of rotatable bonds is 3. The summed E-state index contributed by atoms with van der Waals surface area (Å²) in [5.41, 5.74) is 0.537. The highest BCUT2D eigenvalue weighted by Gasteiger charge is 2.17. The Morgan fingerprint density at radius 3 is 2.86 bits per heavy atom. The molecular weight excluding hydrogens is 186 g/mol. The Hall–Kier alpha value is -1.96. The molecule has 0 aliphatic rings. The van der Waals surface area contributed by atoms with E-state index < -0.39 is 5.97 Å². The Balaban J connectivity index is 3.01. The van der Waals surface area contributed by atoms with E-state index in [1.165, 1.54) is 20.3 Å². The molecule has 1 rings (SSSR count). The van der Waals surface area contributed by atoms with Crippen LogP contribution in [0.4, 0.5) is 0 Å². The number of nitriles is 1. The fourth-order valence-electron chi connectivity index (χ4n) is 0.994. The second-order valence-electron chi connectivity index (χ2n) is 2.45. The smallest absolute Gasteiger partial charge is 0.374 e. The molecule has 0 amide bonds. The molecule has 1 aromatic heterocycles. The monoisotopic (exact) mass is 195 g/mol. The maximum Gasteiger partial charge on any atom is 0.374 e. The molecule has 5 nitrogen and oxygen atoms in total. The van der Waals surface area contributed by atoms with Gasteiger partial charge in [-0.25, -0.2) is 4.79 Å². The Labute approximate surface area is 80.8 Å². The molecule has 0 radical (unpaired) electrons. The summed E-state index contributed by atoms with van der Waals surface area (Å²) in [6.45, 7) is 0. The minimum absolute atomic E-state index is 0.0367. The van der Waals surface area contributed by atoms with Gasteiger partial charge >= 0.3 is 5.97 Å². The summed E-state index contributed by atoms with van der Waals surface area (Å²) in [5, 5.41) is 8.48. The number of carbonyl (C=O) groups excluding carboxylic acids is 1. The van der Waals surface area contributed by atoms with Gasteiger partial charge < -0.3 is 13.9 Å². The highest BCUT2D eigenvalue weighted by atomic mass is 16.6. The van der Waals surface area contributed by atoms with Crippen molar-refractivity contribution in [3.63, 3.8) is 0 Å². The molecule has 0 spiro atoms. The van der Waals surface area contributed by atoms with Crippen molar-refractivity contribution in [2.45, 2.75) is 6.42 Å². The first-order valence-corrected chi connectivity index (χ1v) is 3.85. The fourth-order valence-corrected chi connectivity index (χ4v) is 0.994. The first-order chi connectivity index (χ1) is 6.72. The first-order valence-electron chi connectivity index (χ1n) is 3.85. The number of esters is 1. The van der Waals surface area contributed by atoms with Gasteiger partial charge in [-0.15, -0.1) is 0 Å². The van der Waals surface area contributed by atoms with Crippen LogP contribution in [0.25, 0.3) is 0 Å². The van der Waals surface area contributed by atoms with Gasteiger partial charge in [-0.05, 0) is 6.07 Å². The minimum Gasteiger partial charge on any atom is -0.468 e. The van der Waals surface area contributed by atoms with Crippen molar-refractivity contribution >= 4 is 5.97 Å². The third kappa shape index (κ3) is 1.85. The SMILES string of the molecule is COC(=O)c1cc(CC#N)c(OC)o1. The predicted octanol–water partition coefficient (Wildman–Crippen LogP) is 1.14. The van der Waals surface area contributed by atoms with Gasteiger partial charge in [-0.3, -0.25) is 0 Å². The van der Waals surface area contributed by atoms with Crippen molar-refractivity contribution in [3.8, 4) is 12.0 Å². The molecule has 1 heterocycles. The molecule has 0 fully saturated rings. The average Bonchev–Trinajstić information content (AvgIpc) is 2.60. The molecule has 0 aliphatic carbocycles. The van der Waals surface area contributed by atoms with E-state index in [2.05, 4.69) is 4.74 Å². The Bertz CT molecular complexity index is 375. The first kappa shape index (κ1) is 10.1. The van der Waals surface area contributed by atoms with Gasteiger partial charge in [-0.2, -0.15) is 5.26 Å². The third-order valence-corrected chi connectivity index (χ3v) is 1.61. The van der Waals surface area contributed by atoms with Crippen molar-refractivity contribution in [2.75, 3.05) is 14.2 Å². The van der Waals surface area contributed by atoms with Crippen LogP contribution >= 0.6 is 0 Å². The number of ether oxygens (including phenoxy) is 2. The topological polar surface area (TPSA) is 72.5 Å². The number of furan rings is 1. The highest BCUT2D eigenvalue weighted by molar-refractivity contribution is 5.86. The number of methoxy groups -OCH3 is 2. The number of carbonyl (C=O) groups is 1. The molecule has 74 valence electrons. The summed E-state index contributed by atoms with van der Waals surface area (Å²) in [6, 6.07) is 3.38. The average molecular weight is 195 g/mol. The van der Waals surface area contributed by atoms with Gasteiger partial charge in [-0.1, -0.05) is 0 Å². The van der Waals surface area contributed by atoms with Crippen LogP contribution in [0, 0.1) is 11.3 Å². The van der Waals surface area contributed by atoms with Gasteiger partial charge in [0.15, 0.2) is 0 Å². The summed E-state index contributed by atoms with van der Waals surface area (Å²) in [6.07, 6.45) is 0.129. The van der Waals surface area contributed by atoms with Gasteiger partial charge in [0.1, 0.15) is 0 Å². The van der Waals surface area contributed by atoms with E-state index in [-0.39, 0.29) is 18.1 Å². The lowest BCUT2D eigenvalue weighted by molar-refractivity contribution is 0.0559. The Kier molecular flexibility index (Phi) is 3.13. The maximum absolute atomic E-state index is 11.0. The van der Waals surface area contributed by atoms with Crippen molar-refractivity contribution in [2.24, 2.45) is 0 Å². The van der Waals surface area contributed by atoms with E-state index in [0.29, 0.717) is 5.56 Å². The summed E-state index contributed by atoms with van der Waals surface area (Å²) < 4.78 is 14.3. The molecule has 1 aromatic rings. The van der Waals surface area contributed by atoms with Crippen LogP contribution in [-0.4, -0.2) is 20.2 Å². The van der Waals surface area contributed by atoms with Crippen LogP contribution in [-0.2, 0) is 11.2 Å². The number of hydrogen-bond acceptors (Lipinski definition) is 5. The largest absolute Gasteiger partial charge is 0.468 e. The van der Waals surface area contributed by atoms with Crippen molar-refractivity contribution in [3.05, 3.63) is 17.4 Å². The maximum atomic E-state index is 11.0. The van der Waals surface area contributed by atoms with Crippen LogP contribution in [0.3, 0.4) is 0 Å².